The van der Waals surface area contributed by atoms with Crippen LogP contribution < -0.4 is 21.3 Å². The predicted octanol–water partition coefficient (Wildman–Crippen LogP) is 3.86. The highest BCUT2D eigenvalue weighted by Crippen LogP contribution is 2.24. The fraction of sp³-hybridized carbons (Fsp3) is 0.525. The smallest absolute Gasteiger partial charge is 0.407 e. The molecule has 16 heteroatoms. The molecule has 2 saturated heterocycles. The zero-order valence-corrected chi connectivity index (χ0v) is 33.3. The summed E-state index contributed by atoms with van der Waals surface area (Å²) in [6.45, 7) is 10.2. The molecule has 0 bridgehead atoms. The summed E-state index contributed by atoms with van der Waals surface area (Å²) >= 11 is 0. The number of nitrogens with one attached hydrogen (secondary N) is 4. The van der Waals surface area contributed by atoms with Crippen LogP contribution in [-0.2, 0) is 46.5 Å². The van der Waals surface area contributed by atoms with E-state index in [1.165, 1.54) is 30.9 Å². The van der Waals surface area contributed by atoms with Gasteiger partial charge in [-0.15, -0.1) is 0 Å². The van der Waals surface area contributed by atoms with E-state index < -0.39 is 36.4 Å². The number of nitrogens with zero attached hydrogens (tertiary/aromatic N) is 3. The third-order valence-electron chi connectivity index (χ3n) is 10.1. The number of likely N-dealkylation sites (tertiary alicyclic amines) is 2. The molecule has 2 aromatic rings. The SMILES string of the molecule is COC(=O)N[C@H](C(=O)N1CCC[C@H]1C(=O)Nc1ccc(CN(Cc2ccc(NC(=O)[C@@H]3CCCN3C(=O)[C@@H](NC(=O)OC)C(C)C)cc2)C(C)=O)cc1)C(C)C. The molecule has 4 rings (SSSR count). The first-order chi connectivity index (χ1) is 26.6. The van der Waals surface area contributed by atoms with E-state index >= 15 is 0 Å². The largest absolute Gasteiger partial charge is 0.453 e. The van der Waals surface area contributed by atoms with E-state index in [1.54, 1.807) is 29.2 Å². The fourth-order valence-electron chi connectivity index (χ4n) is 6.92. The third-order valence-corrected chi connectivity index (χ3v) is 10.1. The maximum Gasteiger partial charge on any atom is 0.407 e. The molecule has 0 spiro atoms. The molecule has 0 radical (unpaired) electrons. The molecule has 2 aliphatic rings. The molecule has 4 atom stereocenters. The Kier molecular flexibility index (Phi) is 15.2. The van der Waals surface area contributed by atoms with Crippen LogP contribution >= 0.6 is 0 Å². The van der Waals surface area contributed by atoms with Crippen molar-refractivity contribution in [3.8, 4) is 0 Å². The van der Waals surface area contributed by atoms with Crippen molar-refractivity contribution < 1.29 is 43.0 Å². The van der Waals surface area contributed by atoms with Crippen molar-refractivity contribution in [3.63, 3.8) is 0 Å². The zero-order valence-electron chi connectivity index (χ0n) is 33.3. The lowest BCUT2D eigenvalue weighted by Gasteiger charge is -2.30. The van der Waals surface area contributed by atoms with Crippen LogP contribution in [0.4, 0.5) is 21.0 Å². The molecule has 2 fully saturated rings. The lowest BCUT2D eigenvalue weighted by molar-refractivity contribution is -0.139. The predicted molar refractivity (Wildman–Crippen MR) is 208 cm³/mol. The number of rotatable bonds is 14. The number of carbonyl (C=O) groups is 7. The number of benzene rings is 2. The number of anilines is 2. The Morgan fingerprint density at radius 1 is 0.643 bits per heavy atom. The molecule has 2 heterocycles. The number of alkyl carbamates (subject to hydrolysis) is 2. The van der Waals surface area contributed by atoms with E-state index in [0.717, 1.165) is 11.1 Å². The number of amides is 7. The van der Waals surface area contributed by atoms with Gasteiger partial charge < -0.3 is 45.4 Å². The Morgan fingerprint density at radius 3 is 1.30 bits per heavy atom. The fourth-order valence-corrected chi connectivity index (χ4v) is 6.92. The van der Waals surface area contributed by atoms with Crippen molar-refractivity contribution >= 4 is 53.1 Å². The second kappa shape index (κ2) is 19.8. The summed E-state index contributed by atoms with van der Waals surface area (Å²) < 4.78 is 9.35. The van der Waals surface area contributed by atoms with Gasteiger partial charge in [-0.1, -0.05) is 52.0 Å². The van der Waals surface area contributed by atoms with E-state index in [0.29, 0.717) is 63.2 Å². The average molecular weight is 778 g/mol. The first-order valence-electron chi connectivity index (χ1n) is 19.0. The van der Waals surface area contributed by atoms with Gasteiger partial charge in [-0.2, -0.15) is 0 Å². The summed E-state index contributed by atoms with van der Waals surface area (Å²) in [6.07, 6.45) is 0.882. The minimum atomic E-state index is -0.826. The Bertz CT molecular complexity index is 1610. The van der Waals surface area contributed by atoms with Gasteiger partial charge in [0.05, 0.1) is 14.2 Å². The van der Waals surface area contributed by atoms with Gasteiger partial charge in [-0.25, -0.2) is 9.59 Å². The first-order valence-corrected chi connectivity index (χ1v) is 19.0. The minimum absolute atomic E-state index is 0.139. The summed E-state index contributed by atoms with van der Waals surface area (Å²) in [5.74, 6) is -1.88. The van der Waals surface area contributed by atoms with Gasteiger partial charge in [-0.05, 0) is 72.9 Å². The van der Waals surface area contributed by atoms with Crippen molar-refractivity contribution in [3.05, 3.63) is 59.7 Å². The van der Waals surface area contributed by atoms with Crippen LogP contribution in [0.25, 0.3) is 0 Å². The van der Waals surface area contributed by atoms with E-state index in [9.17, 15) is 33.6 Å². The molecule has 2 aromatic carbocycles. The summed E-state index contributed by atoms with van der Waals surface area (Å²) in [5.41, 5.74) is 2.76. The quantitative estimate of drug-likeness (QED) is 0.220. The standard InChI is InChI=1S/C40H55N7O9/c1-24(2)33(43-39(53)55-6)37(51)46-20-8-10-31(46)35(49)41-29-16-12-27(13-17-29)22-45(26(5)48)23-28-14-18-30(19-15-28)42-36(50)32-11-9-21-47(32)38(52)34(25(3)4)44-40(54)56-7/h12-19,24-25,31-34H,8-11,20-23H2,1-7H3,(H,41,49)(H,42,50)(H,43,53)(H,44,54)/t31-,32-,33-,34-/m0/s1. The number of ether oxygens (including phenoxy) is 2. The Labute approximate surface area is 328 Å². The van der Waals surface area contributed by atoms with Gasteiger partial charge in [0.1, 0.15) is 24.2 Å². The van der Waals surface area contributed by atoms with Gasteiger partial charge in [0.25, 0.3) is 0 Å². The van der Waals surface area contributed by atoms with Crippen LogP contribution in [0.15, 0.2) is 48.5 Å². The van der Waals surface area contributed by atoms with Crippen LogP contribution in [0.3, 0.4) is 0 Å². The van der Waals surface area contributed by atoms with Crippen molar-refractivity contribution in [1.29, 1.82) is 0 Å². The molecule has 0 aliphatic carbocycles. The van der Waals surface area contributed by atoms with Crippen LogP contribution in [0, 0.1) is 11.8 Å². The van der Waals surface area contributed by atoms with E-state index in [-0.39, 0.29) is 41.4 Å². The molecule has 4 N–H and O–H groups in total. The highest BCUT2D eigenvalue weighted by Gasteiger charge is 2.40. The maximum absolute atomic E-state index is 13.3. The van der Waals surface area contributed by atoms with Crippen LogP contribution in [-0.4, -0.2) is 108 Å². The van der Waals surface area contributed by atoms with Crippen molar-refractivity contribution in [2.24, 2.45) is 11.8 Å². The molecule has 2 aliphatic heterocycles. The molecule has 0 saturated carbocycles. The summed E-state index contributed by atoms with van der Waals surface area (Å²) in [4.78, 5) is 94.4. The second-order valence-electron chi connectivity index (χ2n) is 14.8. The molecular formula is C40H55N7O9. The monoisotopic (exact) mass is 777 g/mol. The van der Waals surface area contributed by atoms with E-state index in [4.69, 9.17) is 0 Å². The van der Waals surface area contributed by atoms with Crippen molar-refractivity contribution in [2.45, 2.75) is 97.6 Å². The molecule has 0 aromatic heterocycles. The first kappa shape index (κ1) is 43.1. The third kappa shape index (κ3) is 11.2. The van der Waals surface area contributed by atoms with Gasteiger partial charge >= 0.3 is 12.2 Å². The lowest BCUT2D eigenvalue weighted by Crippen LogP contribution is -2.54. The Balaban J connectivity index is 1.32. The normalized spacial score (nSPS) is 17.5. The highest BCUT2D eigenvalue weighted by molar-refractivity contribution is 5.99. The zero-order chi connectivity index (χ0) is 41.1. The maximum atomic E-state index is 13.3. The number of hydrogen-bond donors (Lipinski definition) is 4. The summed E-state index contributed by atoms with van der Waals surface area (Å²) in [5, 5.41) is 11.0. The molecule has 7 amide bonds. The summed E-state index contributed by atoms with van der Waals surface area (Å²) in [6, 6.07) is 11.3. The van der Waals surface area contributed by atoms with Crippen LogP contribution in [0.1, 0.15) is 71.4 Å². The van der Waals surface area contributed by atoms with Gasteiger partial charge in [0.2, 0.25) is 29.5 Å². The summed E-state index contributed by atoms with van der Waals surface area (Å²) in [7, 11) is 2.46. The number of carbonyl (C=O) groups excluding carboxylic acids is 7. The number of hydrogen-bond acceptors (Lipinski definition) is 9. The molecular weight excluding hydrogens is 722 g/mol. The highest BCUT2D eigenvalue weighted by atomic mass is 16.5. The second-order valence-corrected chi connectivity index (χ2v) is 14.8. The van der Waals surface area contributed by atoms with E-state index in [1.807, 2.05) is 52.0 Å². The molecule has 56 heavy (non-hydrogen) atoms. The topological polar surface area (TPSA) is 196 Å². The molecule has 0 unspecified atom stereocenters. The van der Waals surface area contributed by atoms with E-state index in [2.05, 4.69) is 30.7 Å². The van der Waals surface area contributed by atoms with Crippen LogP contribution in [0.5, 0.6) is 0 Å². The molecule has 16 nitrogen and oxygen atoms in total. The minimum Gasteiger partial charge on any atom is -0.453 e. The molecule has 304 valence electrons. The average Bonchev–Trinajstić information content (AvgIpc) is 3.87. The van der Waals surface area contributed by atoms with Gasteiger partial charge in [-0.3, -0.25) is 24.0 Å². The van der Waals surface area contributed by atoms with Gasteiger partial charge in [0.15, 0.2) is 0 Å². The van der Waals surface area contributed by atoms with Crippen molar-refractivity contribution in [2.75, 3.05) is 37.9 Å². The number of methoxy groups -OCH3 is 2. The Hall–Kier alpha value is -5.67. The van der Waals surface area contributed by atoms with Gasteiger partial charge in [0, 0.05) is 44.5 Å². The lowest BCUT2D eigenvalue weighted by atomic mass is 10.0. The Morgan fingerprint density at radius 2 is 1.00 bits per heavy atom. The van der Waals surface area contributed by atoms with Crippen molar-refractivity contribution in [1.82, 2.24) is 25.3 Å². The van der Waals surface area contributed by atoms with Crippen LogP contribution in [0.2, 0.25) is 0 Å².